The van der Waals surface area contributed by atoms with Gasteiger partial charge in [0.15, 0.2) is 5.82 Å². The number of nitrogen functional groups attached to an aromatic ring is 1. The van der Waals surface area contributed by atoms with Crippen molar-refractivity contribution in [1.29, 1.82) is 0 Å². The largest absolute Gasteiger partial charge is 0.417 e. The second kappa shape index (κ2) is 11.5. The Morgan fingerprint density at radius 3 is 2.31 bits per heavy atom. The van der Waals surface area contributed by atoms with E-state index in [9.17, 15) is 27.6 Å². The van der Waals surface area contributed by atoms with Gasteiger partial charge in [-0.15, -0.1) is 10.2 Å². The van der Waals surface area contributed by atoms with Gasteiger partial charge in [0, 0.05) is 6.20 Å². The van der Waals surface area contributed by atoms with Crippen molar-refractivity contribution in [3.8, 4) is 11.3 Å². The van der Waals surface area contributed by atoms with Crippen LogP contribution in [0.15, 0.2) is 64.1 Å². The van der Waals surface area contributed by atoms with Crippen molar-refractivity contribution in [3.63, 3.8) is 0 Å². The van der Waals surface area contributed by atoms with Crippen molar-refractivity contribution >= 4 is 17.5 Å². The number of aromatic nitrogens is 5. The number of hydrogen-bond acceptors (Lipinski definition) is 9. The lowest BCUT2D eigenvalue weighted by Crippen LogP contribution is -2.46. The second-order valence-electron chi connectivity index (χ2n) is 10.4. The lowest BCUT2D eigenvalue weighted by Gasteiger charge is -2.21. The highest BCUT2D eigenvalue weighted by Crippen LogP contribution is 2.33. The first-order valence-electron chi connectivity index (χ1n) is 12.8. The van der Waals surface area contributed by atoms with E-state index in [4.69, 9.17) is 10.2 Å². The minimum absolute atomic E-state index is 0.0572. The maximum atomic E-state index is 13.4. The Bertz CT molecular complexity index is 1650. The Labute approximate surface area is 238 Å². The van der Waals surface area contributed by atoms with E-state index in [1.165, 1.54) is 16.8 Å². The Kier molecular flexibility index (Phi) is 8.27. The number of anilines is 1. The van der Waals surface area contributed by atoms with Gasteiger partial charge in [-0.2, -0.15) is 13.2 Å². The average Bonchev–Trinajstić information content (AvgIpc) is 3.45. The fourth-order valence-corrected chi connectivity index (χ4v) is 4.15. The molecule has 0 bridgehead atoms. The highest BCUT2D eigenvalue weighted by molar-refractivity contribution is 5.98. The molecule has 0 unspecified atom stereocenters. The molecule has 3 heterocycles. The van der Waals surface area contributed by atoms with Gasteiger partial charge in [-0.1, -0.05) is 44.2 Å². The molecule has 11 nitrogen and oxygen atoms in total. The molecule has 4 aromatic rings. The van der Waals surface area contributed by atoms with Gasteiger partial charge in [0.1, 0.15) is 6.54 Å². The van der Waals surface area contributed by atoms with Crippen LogP contribution in [-0.2, 0) is 22.9 Å². The molecule has 0 fully saturated rings. The van der Waals surface area contributed by atoms with E-state index in [0.717, 1.165) is 6.07 Å². The number of rotatable bonds is 9. The zero-order chi connectivity index (χ0) is 30.8. The van der Waals surface area contributed by atoms with E-state index in [0.29, 0.717) is 17.5 Å². The summed E-state index contributed by atoms with van der Waals surface area (Å²) in [5.41, 5.74) is 4.20. The first-order chi connectivity index (χ1) is 19.7. The minimum Gasteiger partial charge on any atom is -0.417 e. The van der Waals surface area contributed by atoms with Gasteiger partial charge >= 0.3 is 6.18 Å². The molecule has 0 saturated heterocycles. The summed E-state index contributed by atoms with van der Waals surface area (Å²) in [5.74, 6) is -2.51. The maximum absolute atomic E-state index is 13.4. The number of hydrogen-bond donors (Lipinski definition) is 2. The summed E-state index contributed by atoms with van der Waals surface area (Å²) in [7, 11) is 0. The molecule has 14 heteroatoms. The van der Waals surface area contributed by atoms with E-state index >= 15 is 0 Å². The number of carbonyl (C=O) groups is 2. The molecule has 0 spiro atoms. The lowest BCUT2D eigenvalue weighted by molar-refractivity contribution is -0.137. The summed E-state index contributed by atoms with van der Waals surface area (Å²) in [6, 6.07) is 9.81. The van der Waals surface area contributed by atoms with Crippen LogP contribution in [-0.4, -0.2) is 42.5 Å². The number of benzene rings is 1. The SMILES string of the molecule is CC(C)[C@H](NC(=O)Cn1c(-c2ccccc2)cnc(N)c1=O)C(=O)c1nnc(C(C)(C)c2ccc(C(F)(F)F)cn2)o1. The molecule has 1 amide bonds. The minimum atomic E-state index is -4.54. The lowest BCUT2D eigenvalue weighted by atomic mass is 9.88. The van der Waals surface area contributed by atoms with Crippen LogP contribution in [0.5, 0.6) is 0 Å². The third-order valence-electron chi connectivity index (χ3n) is 6.62. The molecule has 42 heavy (non-hydrogen) atoms. The zero-order valence-electron chi connectivity index (χ0n) is 23.1. The standard InChI is InChI=1S/C28H28F3N7O4/c1-15(2)21(35-20(39)14-38-18(13-34-23(32)25(38)41)16-8-6-5-7-9-16)22(40)24-36-37-26(42-24)27(3,4)19-11-10-17(12-33-19)28(29,30)31/h5-13,15,21H,14H2,1-4H3,(H2,32,34)(H,35,39)/t21-/m0/s1. The van der Waals surface area contributed by atoms with Gasteiger partial charge in [-0.3, -0.25) is 23.9 Å². The molecule has 0 aliphatic heterocycles. The van der Waals surface area contributed by atoms with Crippen LogP contribution in [0.2, 0.25) is 0 Å². The molecule has 4 rings (SSSR count). The van der Waals surface area contributed by atoms with Crippen LogP contribution in [0.3, 0.4) is 0 Å². The number of nitrogens with zero attached hydrogens (tertiary/aromatic N) is 5. The zero-order valence-corrected chi connectivity index (χ0v) is 23.1. The summed E-state index contributed by atoms with van der Waals surface area (Å²) in [4.78, 5) is 47.1. The van der Waals surface area contributed by atoms with E-state index < -0.39 is 58.8 Å². The second-order valence-corrected chi connectivity index (χ2v) is 10.4. The van der Waals surface area contributed by atoms with Crippen LogP contribution in [0.1, 0.15) is 55.5 Å². The fraction of sp³-hybridized carbons (Fsp3) is 0.321. The van der Waals surface area contributed by atoms with Crippen LogP contribution < -0.4 is 16.6 Å². The topological polar surface area (TPSA) is 159 Å². The number of nitrogens with one attached hydrogen (secondary N) is 1. The predicted octanol–water partition coefficient (Wildman–Crippen LogP) is 3.64. The number of amides is 1. The molecule has 1 atom stereocenters. The van der Waals surface area contributed by atoms with Crippen molar-refractivity contribution in [2.45, 2.75) is 51.9 Å². The Morgan fingerprint density at radius 2 is 1.71 bits per heavy atom. The van der Waals surface area contributed by atoms with Crippen molar-refractivity contribution < 1.29 is 27.2 Å². The van der Waals surface area contributed by atoms with Crippen molar-refractivity contribution in [2.75, 3.05) is 5.73 Å². The van der Waals surface area contributed by atoms with E-state index in [1.54, 1.807) is 58.0 Å². The molecule has 220 valence electrons. The van der Waals surface area contributed by atoms with Gasteiger partial charge in [0.05, 0.1) is 34.6 Å². The number of nitrogens with two attached hydrogens (primary N) is 1. The normalized spacial score (nSPS) is 12.8. The molecule has 0 radical (unpaired) electrons. The third kappa shape index (κ3) is 6.21. The summed E-state index contributed by atoms with van der Waals surface area (Å²) >= 11 is 0. The van der Waals surface area contributed by atoms with Crippen LogP contribution in [0.4, 0.5) is 19.0 Å². The van der Waals surface area contributed by atoms with E-state index in [-0.39, 0.29) is 17.4 Å². The third-order valence-corrected chi connectivity index (χ3v) is 6.62. The van der Waals surface area contributed by atoms with Crippen molar-refractivity contribution in [1.82, 2.24) is 30.0 Å². The Morgan fingerprint density at radius 1 is 1.02 bits per heavy atom. The van der Waals surface area contributed by atoms with Crippen LogP contribution >= 0.6 is 0 Å². The molecule has 1 aromatic carbocycles. The predicted molar refractivity (Wildman–Crippen MR) is 145 cm³/mol. The molecule has 0 aliphatic rings. The summed E-state index contributed by atoms with van der Waals surface area (Å²) in [6.45, 7) is 6.15. The Balaban J connectivity index is 1.55. The monoisotopic (exact) mass is 583 g/mol. The summed E-state index contributed by atoms with van der Waals surface area (Å²) in [6.07, 6.45) is -2.45. The summed E-state index contributed by atoms with van der Waals surface area (Å²) in [5, 5.41) is 10.4. The number of Topliss-reactive ketones (excluding diaryl/α,β-unsaturated/α-hetero) is 1. The molecular formula is C28H28F3N7O4. The number of halogens is 3. The van der Waals surface area contributed by atoms with Crippen LogP contribution in [0, 0.1) is 5.92 Å². The number of carbonyl (C=O) groups excluding carboxylic acids is 2. The first kappa shape index (κ1) is 30.1. The Hall–Kier alpha value is -4.88. The smallest absolute Gasteiger partial charge is 0.417 e. The van der Waals surface area contributed by atoms with Crippen LogP contribution in [0.25, 0.3) is 11.3 Å². The molecule has 0 saturated carbocycles. The van der Waals surface area contributed by atoms with Gasteiger partial charge in [0.25, 0.3) is 11.4 Å². The fourth-order valence-electron chi connectivity index (χ4n) is 4.15. The number of alkyl halides is 3. The molecule has 3 aromatic heterocycles. The molecule has 3 N–H and O–H groups in total. The van der Waals surface area contributed by atoms with Crippen molar-refractivity contribution in [2.24, 2.45) is 5.92 Å². The van der Waals surface area contributed by atoms with E-state index in [1.807, 2.05) is 0 Å². The number of pyridine rings is 1. The van der Waals surface area contributed by atoms with E-state index in [2.05, 4.69) is 25.5 Å². The summed E-state index contributed by atoms with van der Waals surface area (Å²) < 4.78 is 45.6. The quantitative estimate of drug-likeness (QED) is 0.281. The number of ketones is 1. The first-order valence-corrected chi connectivity index (χ1v) is 12.8. The van der Waals surface area contributed by atoms with Gasteiger partial charge in [-0.05, 0) is 37.5 Å². The average molecular weight is 584 g/mol. The molecular weight excluding hydrogens is 555 g/mol. The van der Waals surface area contributed by atoms with Crippen molar-refractivity contribution in [3.05, 3.63) is 88.3 Å². The highest BCUT2D eigenvalue weighted by atomic mass is 19.4. The van der Waals surface area contributed by atoms with Gasteiger partial charge < -0.3 is 15.5 Å². The highest BCUT2D eigenvalue weighted by Gasteiger charge is 2.36. The molecule has 0 aliphatic carbocycles. The van der Waals surface area contributed by atoms with Gasteiger partial charge in [0.2, 0.25) is 17.6 Å². The van der Waals surface area contributed by atoms with Gasteiger partial charge in [-0.25, -0.2) is 4.98 Å². The maximum Gasteiger partial charge on any atom is 0.417 e.